The van der Waals surface area contributed by atoms with Crippen molar-refractivity contribution in [2.45, 2.75) is 13.0 Å². The molecule has 0 radical (unpaired) electrons. The van der Waals surface area contributed by atoms with Crippen molar-refractivity contribution in [1.82, 2.24) is 5.32 Å². The lowest BCUT2D eigenvalue weighted by atomic mass is 10.0. The molecule has 2 aromatic carbocycles. The van der Waals surface area contributed by atoms with Crippen LogP contribution >= 0.6 is 0 Å². The van der Waals surface area contributed by atoms with Gasteiger partial charge in [0.25, 0.3) is 0 Å². The molecule has 0 aliphatic carbocycles. The molecule has 0 fully saturated rings. The smallest absolute Gasteiger partial charge is 0.244 e. The Morgan fingerprint density at radius 3 is 2.33 bits per heavy atom. The van der Waals surface area contributed by atoms with Crippen molar-refractivity contribution in [1.29, 1.82) is 0 Å². The van der Waals surface area contributed by atoms with Crippen LogP contribution in [0.15, 0.2) is 83.5 Å². The topological polar surface area (TPSA) is 42.2 Å². The third-order valence-corrected chi connectivity index (χ3v) is 3.82. The monoisotopic (exact) mass is 317 g/mol. The normalized spacial score (nSPS) is 12.2. The molecule has 3 rings (SSSR count). The molecular formula is C21H19NO2. The minimum absolute atomic E-state index is 0.0661. The highest BCUT2D eigenvalue weighted by Crippen LogP contribution is 2.21. The van der Waals surface area contributed by atoms with E-state index in [-0.39, 0.29) is 11.9 Å². The Labute approximate surface area is 141 Å². The van der Waals surface area contributed by atoms with Crippen LogP contribution in [0.3, 0.4) is 0 Å². The molecule has 3 nitrogen and oxygen atoms in total. The minimum Gasteiger partial charge on any atom is -0.465 e. The molecule has 0 spiro atoms. The van der Waals surface area contributed by atoms with E-state index in [2.05, 4.69) is 29.6 Å². The quantitative estimate of drug-likeness (QED) is 0.684. The average molecular weight is 317 g/mol. The Morgan fingerprint density at radius 2 is 1.67 bits per heavy atom. The fourth-order valence-electron chi connectivity index (χ4n) is 2.48. The first kappa shape index (κ1) is 15.8. The summed E-state index contributed by atoms with van der Waals surface area (Å²) in [5.74, 6) is 0.510. The summed E-state index contributed by atoms with van der Waals surface area (Å²) in [7, 11) is 0. The number of amides is 1. The van der Waals surface area contributed by atoms with Gasteiger partial charge in [-0.25, -0.2) is 0 Å². The summed E-state index contributed by atoms with van der Waals surface area (Å²) in [5.41, 5.74) is 3.41. The second-order valence-corrected chi connectivity index (χ2v) is 5.57. The van der Waals surface area contributed by atoms with Gasteiger partial charge in [-0.3, -0.25) is 4.79 Å². The van der Waals surface area contributed by atoms with Crippen LogP contribution in [0.5, 0.6) is 0 Å². The second-order valence-electron chi connectivity index (χ2n) is 5.57. The minimum atomic E-state index is -0.147. The maximum atomic E-state index is 12.0. The van der Waals surface area contributed by atoms with Crippen LogP contribution in [0, 0.1) is 0 Å². The number of hydrogen-bond acceptors (Lipinski definition) is 2. The van der Waals surface area contributed by atoms with Crippen molar-refractivity contribution in [3.63, 3.8) is 0 Å². The van der Waals surface area contributed by atoms with Crippen LogP contribution < -0.4 is 5.32 Å². The summed E-state index contributed by atoms with van der Waals surface area (Å²) in [6, 6.07) is 22.0. The summed E-state index contributed by atoms with van der Waals surface area (Å²) < 4.78 is 5.16. The van der Waals surface area contributed by atoms with Crippen molar-refractivity contribution >= 4 is 12.0 Å². The van der Waals surface area contributed by atoms with E-state index >= 15 is 0 Å². The molecule has 0 aliphatic heterocycles. The highest BCUT2D eigenvalue weighted by molar-refractivity contribution is 5.91. The maximum absolute atomic E-state index is 12.0. The Bertz CT molecular complexity index is 803. The molecule has 1 heterocycles. The Hall–Kier alpha value is -3.07. The van der Waals surface area contributed by atoms with Gasteiger partial charge in [-0.05, 0) is 41.8 Å². The predicted octanol–water partition coefficient (Wildman–Crippen LogP) is 4.84. The predicted molar refractivity (Wildman–Crippen MR) is 96.2 cm³/mol. The molecule has 1 aromatic heterocycles. The van der Waals surface area contributed by atoms with Crippen molar-refractivity contribution < 1.29 is 9.21 Å². The summed E-state index contributed by atoms with van der Waals surface area (Å²) in [5, 5.41) is 2.95. The van der Waals surface area contributed by atoms with Crippen LogP contribution in [0.25, 0.3) is 17.2 Å². The molecule has 3 aromatic rings. The number of carbonyl (C=O) groups is 1. The van der Waals surface area contributed by atoms with E-state index in [1.807, 2.05) is 37.3 Å². The fraction of sp³-hybridized carbons (Fsp3) is 0.0952. The molecule has 3 heteroatoms. The van der Waals surface area contributed by atoms with Gasteiger partial charge in [-0.15, -0.1) is 0 Å². The molecule has 0 unspecified atom stereocenters. The lowest BCUT2D eigenvalue weighted by molar-refractivity contribution is -0.117. The molecule has 1 amide bonds. The Kier molecular flexibility index (Phi) is 4.92. The highest BCUT2D eigenvalue weighted by Gasteiger charge is 2.08. The Morgan fingerprint density at radius 1 is 0.958 bits per heavy atom. The highest BCUT2D eigenvalue weighted by atomic mass is 16.3. The fourth-order valence-corrected chi connectivity index (χ4v) is 2.48. The van der Waals surface area contributed by atoms with Crippen molar-refractivity contribution in [2.75, 3.05) is 0 Å². The largest absolute Gasteiger partial charge is 0.465 e. The zero-order valence-corrected chi connectivity index (χ0v) is 13.5. The maximum Gasteiger partial charge on any atom is 0.244 e. The number of carbonyl (C=O) groups excluding carboxylic acids is 1. The molecule has 0 bridgehead atoms. The van der Waals surface area contributed by atoms with Crippen LogP contribution in [-0.4, -0.2) is 5.91 Å². The number of benzene rings is 2. The van der Waals surface area contributed by atoms with E-state index in [4.69, 9.17) is 4.42 Å². The first-order valence-electron chi connectivity index (χ1n) is 7.90. The van der Waals surface area contributed by atoms with Crippen molar-refractivity contribution in [3.8, 4) is 11.1 Å². The lowest BCUT2D eigenvalue weighted by Gasteiger charge is -2.13. The summed E-state index contributed by atoms with van der Waals surface area (Å²) >= 11 is 0. The van der Waals surface area contributed by atoms with Gasteiger partial charge in [0.15, 0.2) is 0 Å². The molecule has 0 saturated carbocycles. The van der Waals surface area contributed by atoms with Gasteiger partial charge in [0.1, 0.15) is 5.76 Å². The zero-order chi connectivity index (χ0) is 16.8. The van der Waals surface area contributed by atoms with Gasteiger partial charge < -0.3 is 9.73 Å². The lowest BCUT2D eigenvalue weighted by Crippen LogP contribution is -2.24. The summed E-state index contributed by atoms with van der Waals surface area (Å²) in [6.07, 6.45) is 4.71. The molecule has 1 N–H and O–H groups in total. The standard InChI is InChI=1S/C21H19NO2/c1-16(22-21(23)14-13-20-8-5-15-24-20)17-9-11-19(12-10-17)18-6-3-2-4-7-18/h2-16H,1H3,(H,22,23)/b14-13+/t16-/m0/s1. The number of rotatable bonds is 5. The summed E-state index contributed by atoms with van der Waals surface area (Å²) in [4.78, 5) is 12.0. The molecule has 24 heavy (non-hydrogen) atoms. The van der Waals surface area contributed by atoms with E-state index in [9.17, 15) is 4.79 Å². The van der Waals surface area contributed by atoms with Gasteiger partial charge in [-0.1, -0.05) is 54.6 Å². The third kappa shape index (κ3) is 4.02. The third-order valence-electron chi connectivity index (χ3n) is 3.82. The molecule has 0 aliphatic rings. The van der Waals surface area contributed by atoms with Gasteiger partial charge >= 0.3 is 0 Å². The average Bonchev–Trinajstić information content (AvgIpc) is 3.14. The zero-order valence-electron chi connectivity index (χ0n) is 13.5. The Balaban J connectivity index is 1.62. The van der Waals surface area contributed by atoms with E-state index in [1.54, 1.807) is 24.5 Å². The van der Waals surface area contributed by atoms with Crippen LogP contribution in [0.4, 0.5) is 0 Å². The van der Waals surface area contributed by atoms with E-state index in [0.29, 0.717) is 5.76 Å². The van der Waals surface area contributed by atoms with Crippen LogP contribution in [0.2, 0.25) is 0 Å². The first-order valence-corrected chi connectivity index (χ1v) is 7.90. The first-order chi connectivity index (χ1) is 11.7. The molecule has 120 valence electrons. The van der Waals surface area contributed by atoms with Crippen LogP contribution in [0.1, 0.15) is 24.3 Å². The number of hydrogen-bond donors (Lipinski definition) is 1. The van der Waals surface area contributed by atoms with Crippen LogP contribution in [-0.2, 0) is 4.79 Å². The van der Waals surface area contributed by atoms with Crippen molar-refractivity contribution in [3.05, 3.63) is 90.4 Å². The number of furan rings is 1. The van der Waals surface area contributed by atoms with E-state index in [0.717, 1.165) is 11.1 Å². The van der Waals surface area contributed by atoms with E-state index < -0.39 is 0 Å². The molecule has 1 atom stereocenters. The van der Waals surface area contributed by atoms with Crippen molar-refractivity contribution in [2.24, 2.45) is 0 Å². The van der Waals surface area contributed by atoms with Gasteiger partial charge in [0.05, 0.1) is 12.3 Å². The van der Waals surface area contributed by atoms with Gasteiger partial charge in [0, 0.05) is 6.08 Å². The SMILES string of the molecule is C[C@H](NC(=O)/C=C/c1ccco1)c1ccc(-c2ccccc2)cc1. The summed E-state index contributed by atoms with van der Waals surface area (Å²) in [6.45, 7) is 1.97. The molecule has 0 saturated heterocycles. The van der Waals surface area contributed by atoms with Gasteiger partial charge in [-0.2, -0.15) is 0 Å². The molecular weight excluding hydrogens is 298 g/mol. The second kappa shape index (κ2) is 7.47. The van der Waals surface area contributed by atoms with Gasteiger partial charge in [0.2, 0.25) is 5.91 Å². The number of nitrogens with one attached hydrogen (secondary N) is 1. The van der Waals surface area contributed by atoms with E-state index in [1.165, 1.54) is 11.6 Å².